The molecule has 0 bridgehead atoms. The van der Waals surface area contributed by atoms with E-state index in [1.165, 1.54) is 37.6 Å². The summed E-state index contributed by atoms with van der Waals surface area (Å²) in [6.45, 7) is 0. The molecule has 124 valence electrons. The molecule has 2 saturated carbocycles. The van der Waals surface area contributed by atoms with Crippen molar-refractivity contribution in [3.05, 3.63) is 0 Å². The molecule has 8 heteroatoms. The minimum atomic E-state index is -0.0652. The number of rotatable bonds is 6. The molecule has 0 radical (unpaired) electrons. The second-order valence-corrected chi connectivity index (χ2v) is 7.56. The summed E-state index contributed by atoms with van der Waals surface area (Å²) in [6.07, 6.45) is 7.14. The summed E-state index contributed by atoms with van der Waals surface area (Å²) in [6, 6.07) is 0. The van der Waals surface area contributed by atoms with Crippen molar-refractivity contribution in [3.8, 4) is 0 Å². The number of nitrogens with zero attached hydrogens (tertiary/aromatic N) is 2. The van der Waals surface area contributed by atoms with E-state index >= 15 is 0 Å². The van der Waals surface area contributed by atoms with Crippen molar-refractivity contribution in [3.63, 3.8) is 0 Å². The second-order valence-electron chi connectivity index (χ2n) is 5.97. The number of thiocarbonyl (C=S) groups is 2. The van der Waals surface area contributed by atoms with Crippen molar-refractivity contribution in [2.45, 2.75) is 38.5 Å². The molecule has 0 aromatic carbocycles. The van der Waals surface area contributed by atoms with Crippen molar-refractivity contribution in [1.82, 2.24) is 20.3 Å². The number of carbonyl (C=O) groups is 1. The first-order valence-electron chi connectivity index (χ1n) is 7.71. The number of amides is 1. The maximum Gasteiger partial charge on any atom is 0.249 e. The molecule has 2 rings (SSSR count). The van der Waals surface area contributed by atoms with Gasteiger partial charge >= 0.3 is 0 Å². The van der Waals surface area contributed by atoms with Crippen LogP contribution in [-0.2, 0) is 4.79 Å². The van der Waals surface area contributed by atoms with Gasteiger partial charge in [-0.1, -0.05) is 49.2 Å². The van der Waals surface area contributed by atoms with Crippen molar-refractivity contribution in [2.24, 2.45) is 11.8 Å². The molecule has 0 spiro atoms. The van der Waals surface area contributed by atoms with Gasteiger partial charge in [0.2, 0.25) is 5.91 Å². The molecule has 5 nitrogen and oxygen atoms in total. The Balaban J connectivity index is 1.60. The fraction of sp³-hybridized carbons (Fsp3) is 0.786. The molecule has 0 aromatic heterocycles. The number of hydrogen-bond acceptors (Lipinski definition) is 5. The zero-order chi connectivity index (χ0) is 16.1. The molecule has 0 unspecified atom stereocenters. The maximum absolute atomic E-state index is 11.9. The highest BCUT2D eigenvalue weighted by Crippen LogP contribution is 2.29. The topological polar surface area (TPSA) is 47.6 Å². The predicted octanol–water partition coefficient (Wildman–Crippen LogP) is 2.29. The third kappa shape index (κ3) is 4.78. The quantitative estimate of drug-likeness (QED) is 0.428. The molecule has 2 N–H and O–H groups in total. The van der Waals surface area contributed by atoms with Crippen LogP contribution in [0.2, 0.25) is 0 Å². The van der Waals surface area contributed by atoms with E-state index < -0.39 is 0 Å². The van der Waals surface area contributed by atoms with Gasteiger partial charge < -0.3 is 0 Å². The number of hydrazine groups is 2. The molecule has 0 heterocycles. The van der Waals surface area contributed by atoms with Crippen LogP contribution in [0.15, 0.2) is 0 Å². The lowest BCUT2D eigenvalue weighted by Crippen LogP contribution is -2.47. The summed E-state index contributed by atoms with van der Waals surface area (Å²) in [5.74, 6) is 1.23. The molecule has 0 aromatic rings. The largest absolute Gasteiger partial charge is 0.295 e. The number of nitrogens with one attached hydrogen (secondary N) is 2. The van der Waals surface area contributed by atoms with E-state index in [1.54, 1.807) is 5.01 Å². The standard InChI is InChI=1S/C14H24N4OS3/c1-17(13(20)10-5-3-6-10)15-12(19)9-22-16-18(2)14(21)11-7-4-8-11/h10-11,16H,3-9H2,1-2H3,(H,15,19). The Kier molecular flexibility index (Phi) is 6.86. The zero-order valence-corrected chi connectivity index (χ0v) is 15.6. The Morgan fingerprint density at radius 3 is 2.00 bits per heavy atom. The Bertz CT molecular complexity index is 438. The van der Waals surface area contributed by atoms with Gasteiger partial charge in [-0.25, -0.2) is 0 Å². The van der Waals surface area contributed by atoms with Gasteiger partial charge in [0.25, 0.3) is 0 Å². The second kappa shape index (κ2) is 8.42. The molecule has 0 atom stereocenters. The van der Waals surface area contributed by atoms with E-state index in [0.717, 1.165) is 22.8 Å². The van der Waals surface area contributed by atoms with Crippen LogP contribution in [0.5, 0.6) is 0 Å². The van der Waals surface area contributed by atoms with Crippen molar-refractivity contribution < 1.29 is 4.79 Å². The van der Waals surface area contributed by atoms with Crippen LogP contribution in [0, 0.1) is 11.8 Å². The Labute approximate surface area is 147 Å². The smallest absolute Gasteiger partial charge is 0.249 e. The fourth-order valence-corrected chi connectivity index (χ4v) is 3.54. The highest BCUT2D eigenvalue weighted by atomic mass is 32.2. The Morgan fingerprint density at radius 1 is 1.05 bits per heavy atom. The van der Waals surface area contributed by atoms with Gasteiger partial charge in [0, 0.05) is 25.9 Å². The highest BCUT2D eigenvalue weighted by Gasteiger charge is 2.26. The fourth-order valence-electron chi connectivity index (χ4n) is 2.37. The van der Waals surface area contributed by atoms with Crippen LogP contribution in [0.1, 0.15) is 38.5 Å². The summed E-state index contributed by atoms with van der Waals surface area (Å²) >= 11 is 12.1. The van der Waals surface area contributed by atoms with Crippen molar-refractivity contribution in [1.29, 1.82) is 0 Å². The van der Waals surface area contributed by atoms with Crippen LogP contribution in [0.4, 0.5) is 0 Å². The predicted molar refractivity (Wildman–Crippen MR) is 99.1 cm³/mol. The minimum Gasteiger partial charge on any atom is -0.295 e. The Hall–Kier alpha value is -0.440. The molecular weight excluding hydrogens is 336 g/mol. The van der Waals surface area contributed by atoms with E-state index in [-0.39, 0.29) is 5.91 Å². The van der Waals surface area contributed by atoms with Gasteiger partial charge in [-0.05, 0) is 25.7 Å². The van der Waals surface area contributed by atoms with E-state index in [4.69, 9.17) is 24.4 Å². The lowest BCUT2D eigenvalue weighted by Gasteiger charge is -2.32. The molecular formula is C14H24N4OS3. The van der Waals surface area contributed by atoms with Crippen LogP contribution in [-0.4, -0.2) is 45.8 Å². The maximum atomic E-state index is 11.9. The van der Waals surface area contributed by atoms with E-state index in [2.05, 4.69) is 10.3 Å². The van der Waals surface area contributed by atoms with Crippen LogP contribution in [0.3, 0.4) is 0 Å². The van der Waals surface area contributed by atoms with E-state index in [9.17, 15) is 4.79 Å². The van der Waals surface area contributed by atoms with Gasteiger partial charge in [0.1, 0.15) is 0 Å². The summed E-state index contributed by atoms with van der Waals surface area (Å²) in [5, 5.41) is 3.53. The third-order valence-electron chi connectivity index (χ3n) is 4.27. The molecule has 0 saturated heterocycles. The average Bonchev–Trinajstić information content (AvgIpc) is 2.34. The molecule has 22 heavy (non-hydrogen) atoms. The first-order valence-corrected chi connectivity index (χ1v) is 9.51. The molecule has 0 aliphatic heterocycles. The molecule has 2 fully saturated rings. The monoisotopic (exact) mass is 360 g/mol. The van der Waals surface area contributed by atoms with Gasteiger partial charge in [0.05, 0.1) is 15.7 Å². The molecule has 2 aliphatic carbocycles. The average molecular weight is 361 g/mol. The summed E-state index contributed by atoms with van der Waals surface area (Å²) in [5.41, 5.74) is 2.82. The van der Waals surface area contributed by atoms with Gasteiger partial charge in [-0.3, -0.25) is 20.2 Å². The summed E-state index contributed by atoms with van der Waals surface area (Å²) in [4.78, 5) is 16.8. The zero-order valence-electron chi connectivity index (χ0n) is 13.1. The van der Waals surface area contributed by atoms with Crippen LogP contribution >= 0.6 is 36.4 Å². The van der Waals surface area contributed by atoms with Crippen LogP contribution < -0.4 is 10.3 Å². The van der Waals surface area contributed by atoms with E-state index in [0.29, 0.717) is 17.6 Å². The first-order chi connectivity index (χ1) is 10.5. The molecule has 2 aliphatic rings. The number of carbonyl (C=O) groups excluding carboxylic acids is 1. The lowest BCUT2D eigenvalue weighted by molar-refractivity contribution is -0.121. The lowest BCUT2D eigenvalue weighted by atomic mass is 9.85. The molecule has 1 amide bonds. The Morgan fingerprint density at radius 2 is 1.55 bits per heavy atom. The highest BCUT2D eigenvalue weighted by molar-refractivity contribution is 7.98. The van der Waals surface area contributed by atoms with Crippen molar-refractivity contribution in [2.75, 3.05) is 19.8 Å². The SMILES string of the molecule is CN(NSCC(=O)NN(C)C(=S)C1CCC1)C(=S)C1CCC1. The summed E-state index contributed by atoms with van der Waals surface area (Å²) in [7, 11) is 3.72. The van der Waals surface area contributed by atoms with E-state index in [1.807, 2.05) is 19.1 Å². The summed E-state index contributed by atoms with van der Waals surface area (Å²) < 4.78 is 0. The normalized spacial score (nSPS) is 18.1. The third-order valence-corrected chi connectivity index (χ3v) is 6.29. The first kappa shape index (κ1) is 17.9. The van der Waals surface area contributed by atoms with Gasteiger partial charge in [0.15, 0.2) is 0 Å². The van der Waals surface area contributed by atoms with Crippen LogP contribution in [0.25, 0.3) is 0 Å². The van der Waals surface area contributed by atoms with Gasteiger partial charge in [-0.2, -0.15) is 4.83 Å². The van der Waals surface area contributed by atoms with Crippen molar-refractivity contribution >= 4 is 52.3 Å². The van der Waals surface area contributed by atoms with Gasteiger partial charge in [-0.15, -0.1) is 0 Å². The minimum absolute atomic E-state index is 0.0652. The number of hydrogen-bond donors (Lipinski definition) is 2.